The fourth-order valence-electron chi connectivity index (χ4n) is 5.79. The molecule has 1 aliphatic rings. The van der Waals surface area contributed by atoms with Gasteiger partial charge >= 0.3 is 11.9 Å². The van der Waals surface area contributed by atoms with E-state index < -0.39 is 53.3 Å². The molecule has 0 spiro atoms. The number of halogens is 1. The SMILES string of the molecule is CC[C@@](C)(NC(=O)[C@@H](N)CCCCOC(=O)c1ccccc1)C(=O)N[C@@H](Cc1ccc(-c2ccccc2)cc1)C(=O)N1CCC[C@@H]1C(=O)O.Cl. The number of aliphatic carboxylic acids is 1. The van der Waals surface area contributed by atoms with E-state index in [-0.39, 0.29) is 38.4 Å². The number of hydrogen-bond donors (Lipinski definition) is 4. The number of likely N-dealkylation sites (tertiary alicyclic amines) is 1. The second-order valence-corrected chi connectivity index (χ2v) is 12.6. The molecule has 12 heteroatoms. The summed E-state index contributed by atoms with van der Waals surface area (Å²) in [5.74, 6) is -3.09. The molecule has 4 rings (SSSR count). The average Bonchev–Trinajstić information content (AvgIpc) is 3.62. The molecule has 0 radical (unpaired) electrons. The Morgan fingerprint density at radius 3 is 2.18 bits per heavy atom. The molecule has 4 atom stereocenters. The summed E-state index contributed by atoms with van der Waals surface area (Å²) in [7, 11) is 0. The van der Waals surface area contributed by atoms with Crippen LogP contribution in [0.5, 0.6) is 0 Å². The van der Waals surface area contributed by atoms with Gasteiger partial charge in [-0.1, -0.05) is 79.7 Å². The van der Waals surface area contributed by atoms with Crippen LogP contribution in [0, 0.1) is 0 Å². The number of ether oxygens (including phenoxy) is 1. The molecule has 3 aromatic rings. The van der Waals surface area contributed by atoms with Crippen molar-refractivity contribution in [3.05, 3.63) is 96.1 Å². The Bertz CT molecular complexity index is 1590. The van der Waals surface area contributed by atoms with E-state index in [2.05, 4.69) is 10.6 Å². The van der Waals surface area contributed by atoms with Gasteiger partial charge in [0.1, 0.15) is 17.6 Å². The number of carbonyl (C=O) groups excluding carboxylic acids is 4. The third-order valence-corrected chi connectivity index (χ3v) is 9.02. The minimum atomic E-state index is -1.40. The maximum atomic E-state index is 13.8. The summed E-state index contributed by atoms with van der Waals surface area (Å²) >= 11 is 0. The predicted octanol–water partition coefficient (Wildman–Crippen LogP) is 4.52. The second-order valence-electron chi connectivity index (χ2n) is 12.6. The zero-order chi connectivity index (χ0) is 35.4. The lowest BCUT2D eigenvalue weighted by Gasteiger charge is -2.33. The molecule has 0 aromatic heterocycles. The zero-order valence-corrected chi connectivity index (χ0v) is 29.3. The number of unbranched alkanes of at least 4 members (excludes halogenated alkanes) is 1. The molecule has 50 heavy (non-hydrogen) atoms. The fourth-order valence-corrected chi connectivity index (χ4v) is 5.79. The van der Waals surface area contributed by atoms with Gasteiger partial charge in [-0.25, -0.2) is 9.59 Å². The van der Waals surface area contributed by atoms with Crippen molar-refractivity contribution in [1.82, 2.24) is 15.5 Å². The van der Waals surface area contributed by atoms with E-state index in [1.165, 1.54) is 4.90 Å². The summed E-state index contributed by atoms with van der Waals surface area (Å²) in [6.07, 6.45) is 2.56. The summed E-state index contributed by atoms with van der Waals surface area (Å²) in [5.41, 5.74) is 8.05. The number of hydrogen-bond acceptors (Lipinski definition) is 7. The monoisotopic (exact) mass is 706 g/mol. The van der Waals surface area contributed by atoms with E-state index in [0.717, 1.165) is 16.7 Å². The van der Waals surface area contributed by atoms with E-state index in [4.69, 9.17) is 10.5 Å². The highest BCUT2D eigenvalue weighted by atomic mass is 35.5. The van der Waals surface area contributed by atoms with Crippen molar-refractivity contribution in [3.8, 4) is 11.1 Å². The first-order valence-electron chi connectivity index (χ1n) is 16.8. The lowest BCUT2D eigenvalue weighted by Crippen LogP contribution is -2.63. The van der Waals surface area contributed by atoms with Crippen LogP contribution in [0.2, 0.25) is 0 Å². The van der Waals surface area contributed by atoms with Gasteiger partial charge in [-0.15, -0.1) is 12.4 Å². The van der Waals surface area contributed by atoms with E-state index in [1.54, 1.807) is 38.1 Å². The molecule has 1 saturated heterocycles. The minimum absolute atomic E-state index is 0. The molecule has 268 valence electrons. The van der Waals surface area contributed by atoms with Gasteiger partial charge in [0.15, 0.2) is 0 Å². The number of amides is 3. The summed E-state index contributed by atoms with van der Waals surface area (Å²) in [4.78, 5) is 66.1. The second kappa shape index (κ2) is 18.9. The van der Waals surface area contributed by atoms with E-state index in [9.17, 15) is 29.1 Å². The zero-order valence-electron chi connectivity index (χ0n) is 28.5. The summed E-state index contributed by atoms with van der Waals surface area (Å²) < 4.78 is 5.28. The highest BCUT2D eigenvalue weighted by Crippen LogP contribution is 2.23. The van der Waals surface area contributed by atoms with Crippen molar-refractivity contribution < 1.29 is 33.8 Å². The molecule has 0 unspecified atom stereocenters. The lowest BCUT2D eigenvalue weighted by atomic mass is 9.94. The van der Waals surface area contributed by atoms with E-state index in [1.807, 2.05) is 60.7 Å². The molecule has 0 bridgehead atoms. The van der Waals surface area contributed by atoms with Crippen molar-refractivity contribution in [3.63, 3.8) is 0 Å². The smallest absolute Gasteiger partial charge is 0.338 e. The summed E-state index contributed by atoms with van der Waals surface area (Å²) in [6.45, 7) is 3.77. The van der Waals surface area contributed by atoms with Gasteiger partial charge in [-0.3, -0.25) is 14.4 Å². The molecule has 0 aliphatic carbocycles. The molecule has 1 heterocycles. The van der Waals surface area contributed by atoms with Crippen LogP contribution in [0.15, 0.2) is 84.9 Å². The normalized spacial score (nSPS) is 16.2. The summed E-state index contributed by atoms with van der Waals surface area (Å²) in [5, 5.41) is 15.4. The first-order valence-corrected chi connectivity index (χ1v) is 16.8. The van der Waals surface area contributed by atoms with Crippen molar-refractivity contribution in [2.24, 2.45) is 5.73 Å². The average molecular weight is 707 g/mol. The predicted molar refractivity (Wildman–Crippen MR) is 193 cm³/mol. The molecule has 1 aliphatic heterocycles. The Morgan fingerprint density at radius 1 is 0.940 bits per heavy atom. The van der Waals surface area contributed by atoms with Crippen molar-refractivity contribution >= 4 is 42.1 Å². The topological polar surface area (TPSA) is 168 Å². The van der Waals surface area contributed by atoms with Crippen molar-refractivity contribution in [2.45, 2.75) is 82.5 Å². The molecule has 5 N–H and O–H groups in total. The number of carboxylic acids is 1. The number of nitrogens with two attached hydrogens (primary N) is 1. The Morgan fingerprint density at radius 2 is 1.56 bits per heavy atom. The van der Waals surface area contributed by atoms with Crippen LogP contribution in [0.25, 0.3) is 11.1 Å². The number of rotatable bonds is 16. The van der Waals surface area contributed by atoms with Crippen molar-refractivity contribution in [2.75, 3.05) is 13.2 Å². The van der Waals surface area contributed by atoms with Crippen LogP contribution in [0.4, 0.5) is 0 Å². The molecule has 0 saturated carbocycles. The van der Waals surface area contributed by atoms with Crippen molar-refractivity contribution in [1.29, 1.82) is 0 Å². The molecular formula is C38H47ClN4O7. The number of carboxylic acid groups (broad SMARTS) is 1. The van der Waals surface area contributed by atoms with Gasteiger partial charge in [0, 0.05) is 13.0 Å². The fraction of sp³-hybridized carbons (Fsp3) is 0.395. The van der Waals surface area contributed by atoms with Gasteiger partial charge in [0.25, 0.3) is 0 Å². The molecule has 1 fully saturated rings. The lowest BCUT2D eigenvalue weighted by molar-refractivity contribution is -0.149. The van der Waals surface area contributed by atoms with Crippen LogP contribution in [0.3, 0.4) is 0 Å². The Hall–Kier alpha value is -4.74. The Balaban J connectivity index is 0.00000676. The standard InChI is InChI=1S/C38H46N4O7.ClH/c1-3-38(2,41-33(43)30(39)17-10-11-24-49-36(47)29-15-8-5-9-16-29)37(48)40-31(34(44)42-23-12-18-32(42)35(45)46)25-26-19-21-28(22-20-26)27-13-6-4-7-14-27;/h4-9,13-16,19-22,30-32H,3,10-12,17-18,23-25,39H2,1-2H3,(H,40,48)(H,41,43)(H,45,46);1H/t30-,31-,32+,38+;/m0./s1. The molecule has 3 amide bonds. The first kappa shape index (κ1) is 39.7. The van der Waals surface area contributed by atoms with Crippen LogP contribution in [-0.4, -0.2) is 76.5 Å². The van der Waals surface area contributed by atoms with Gasteiger partial charge in [-0.2, -0.15) is 0 Å². The van der Waals surface area contributed by atoms with Gasteiger partial charge in [-0.05, 0) is 74.3 Å². The third kappa shape index (κ3) is 10.6. The Labute approximate surface area is 299 Å². The summed E-state index contributed by atoms with van der Waals surface area (Å²) in [6, 6.07) is 23.2. The van der Waals surface area contributed by atoms with E-state index in [0.29, 0.717) is 37.7 Å². The van der Waals surface area contributed by atoms with Crippen LogP contribution < -0.4 is 16.4 Å². The number of benzene rings is 3. The molecule has 11 nitrogen and oxygen atoms in total. The Kier molecular flexibility index (Phi) is 15.0. The largest absolute Gasteiger partial charge is 0.480 e. The molecular weight excluding hydrogens is 660 g/mol. The number of esters is 1. The third-order valence-electron chi connectivity index (χ3n) is 9.02. The van der Waals surface area contributed by atoms with Crippen LogP contribution in [-0.2, 0) is 30.3 Å². The number of nitrogens with one attached hydrogen (secondary N) is 2. The quantitative estimate of drug-likeness (QED) is 0.125. The maximum Gasteiger partial charge on any atom is 0.338 e. The van der Waals surface area contributed by atoms with Crippen LogP contribution >= 0.6 is 12.4 Å². The molecule has 3 aromatic carbocycles. The first-order chi connectivity index (χ1) is 23.5. The highest BCUT2D eigenvalue weighted by Gasteiger charge is 2.41. The van der Waals surface area contributed by atoms with Gasteiger partial charge in [0.05, 0.1) is 18.2 Å². The van der Waals surface area contributed by atoms with Gasteiger partial charge < -0.3 is 31.1 Å². The number of nitrogens with zero attached hydrogens (tertiary/aromatic N) is 1. The van der Waals surface area contributed by atoms with Crippen LogP contribution in [0.1, 0.15) is 68.3 Å². The maximum absolute atomic E-state index is 13.8. The highest BCUT2D eigenvalue weighted by molar-refractivity contribution is 5.96. The van der Waals surface area contributed by atoms with Gasteiger partial charge in [0.2, 0.25) is 17.7 Å². The van der Waals surface area contributed by atoms with E-state index >= 15 is 0 Å². The minimum Gasteiger partial charge on any atom is -0.480 e. The number of carbonyl (C=O) groups is 5.